The third-order valence-corrected chi connectivity index (χ3v) is 4.78. The molecule has 1 aliphatic rings. The quantitative estimate of drug-likeness (QED) is 0.578. The van der Waals surface area contributed by atoms with Gasteiger partial charge in [0.1, 0.15) is 0 Å². The predicted octanol–water partition coefficient (Wildman–Crippen LogP) is 1.28. The Morgan fingerprint density at radius 3 is 2.69 bits per heavy atom. The first-order chi connectivity index (χ1) is 7.69. The molecule has 5 heteroatoms. The summed E-state index contributed by atoms with van der Waals surface area (Å²) in [5.74, 6) is -0.464. The Kier molecular flexibility index (Phi) is 5.56. The molecule has 0 saturated heterocycles. The van der Waals surface area contributed by atoms with Crippen molar-refractivity contribution in [1.82, 2.24) is 0 Å². The fourth-order valence-electron chi connectivity index (χ4n) is 1.36. The van der Waals surface area contributed by atoms with Crippen LogP contribution in [-0.2, 0) is 19.1 Å². The zero-order valence-electron chi connectivity index (χ0n) is 9.52. The summed E-state index contributed by atoms with van der Waals surface area (Å²) in [4.78, 5) is 22.9. The van der Waals surface area contributed by atoms with E-state index >= 15 is 0 Å². The van der Waals surface area contributed by atoms with Crippen molar-refractivity contribution >= 4 is 26.9 Å². The summed E-state index contributed by atoms with van der Waals surface area (Å²) < 4.78 is 10.6. The Morgan fingerprint density at radius 1 is 1.38 bits per heavy atom. The molecule has 16 heavy (non-hydrogen) atoms. The summed E-state index contributed by atoms with van der Waals surface area (Å²) >= 11 is -0.156. The van der Waals surface area contributed by atoms with Crippen molar-refractivity contribution in [3.8, 4) is 0 Å². The van der Waals surface area contributed by atoms with Gasteiger partial charge in [-0.1, -0.05) is 0 Å². The molecule has 1 atom stereocenters. The molecule has 0 saturated carbocycles. The van der Waals surface area contributed by atoms with E-state index in [2.05, 4.69) is 0 Å². The first kappa shape index (κ1) is 13.3. The van der Waals surface area contributed by atoms with Crippen LogP contribution in [0.5, 0.6) is 0 Å². The SMILES string of the molecule is CCOC(=O)C1=CCCC(C(=O)OCC)[Se]1. The summed E-state index contributed by atoms with van der Waals surface area (Å²) in [6.45, 7) is 4.33. The van der Waals surface area contributed by atoms with E-state index < -0.39 is 0 Å². The van der Waals surface area contributed by atoms with E-state index in [0.717, 1.165) is 12.8 Å². The second-order valence-electron chi connectivity index (χ2n) is 3.22. The van der Waals surface area contributed by atoms with Gasteiger partial charge in [-0.15, -0.1) is 0 Å². The van der Waals surface area contributed by atoms with E-state index in [9.17, 15) is 9.59 Å². The third-order valence-electron chi connectivity index (χ3n) is 2.05. The van der Waals surface area contributed by atoms with Crippen molar-refractivity contribution in [2.45, 2.75) is 31.5 Å². The van der Waals surface area contributed by atoms with Crippen molar-refractivity contribution < 1.29 is 19.1 Å². The van der Waals surface area contributed by atoms with Gasteiger partial charge in [-0.2, -0.15) is 0 Å². The molecule has 0 spiro atoms. The molecule has 0 aliphatic carbocycles. The van der Waals surface area contributed by atoms with Crippen LogP contribution < -0.4 is 0 Å². The Balaban J connectivity index is 2.55. The van der Waals surface area contributed by atoms with Gasteiger partial charge in [-0.05, 0) is 0 Å². The zero-order valence-corrected chi connectivity index (χ0v) is 11.2. The first-order valence-electron chi connectivity index (χ1n) is 5.39. The number of rotatable bonds is 4. The normalized spacial score (nSPS) is 19.9. The van der Waals surface area contributed by atoms with E-state index in [1.807, 2.05) is 6.08 Å². The molecule has 0 aromatic rings. The van der Waals surface area contributed by atoms with E-state index in [-0.39, 0.29) is 31.7 Å². The molecular formula is C11H16O4Se. The average Bonchev–Trinajstić information content (AvgIpc) is 2.30. The van der Waals surface area contributed by atoms with Crippen LogP contribution in [0.3, 0.4) is 0 Å². The molecular weight excluding hydrogens is 275 g/mol. The molecule has 1 unspecified atom stereocenters. The van der Waals surface area contributed by atoms with Gasteiger partial charge in [0.15, 0.2) is 0 Å². The van der Waals surface area contributed by atoms with Crippen LogP contribution in [0.4, 0.5) is 0 Å². The standard InChI is InChI=1S/C11H16O4Se/c1-3-14-10(12)8-6-5-7-9(16-8)11(13)15-4-2/h6,9H,3-5,7H2,1-2H3. The van der Waals surface area contributed by atoms with Gasteiger partial charge in [-0.3, -0.25) is 0 Å². The Labute approximate surface area is 102 Å². The number of ether oxygens (including phenoxy) is 2. The third kappa shape index (κ3) is 3.65. The molecule has 90 valence electrons. The van der Waals surface area contributed by atoms with Crippen LogP contribution in [0.15, 0.2) is 10.5 Å². The monoisotopic (exact) mass is 292 g/mol. The number of allylic oxidation sites excluding steroid dienone is 1. The molecule has 0 amide bonds. The molecule has 0 aromatic carbocycles. The zero-order chi connectivity index (χ0) is 12.0. The van der Waals surface area contributed by atoms with Gasteiger partial charge in [0, 0.05) is 0 Å². The van der Waals surface area contributed by atoms with Crippen LogP contribution in [0, 0.1) is 0 Å². The maximum absolute atomic E-state index is 11.5. The van der Waals surface area contributed by atoms with E-state index in [1.54, 1.807) is 13.8 Å². The topological polar surface area (TPSA) is 52.6 Å². The van der Waals surface area contributed by atoms with Gasteiger partial charge in [0.25, 0.3) is 0 Å². The number of esters is 2. The summed E-state index contributed by atoms with van der Waals surface area (Å²) in [5, 5.41) is 0. The maximum atomic E-state index is 11.5. The van der Waals surface area contributed by atoms with Gasteiger partial charge >= 0.3 is 101 Å². The van der Waals surface area contributed by atoms with E-state index in [1.165, 1.54) is 0 Å². The summed E-state index contributed by atoms with van der Waals surface area (Å²) in [6, 6.07) is 0. The fourth-order valence-corrected chi connectivity index (χ4v) is 3.66. The molecule has 4 nitrogen and oxygen atoms in total. The van der Waals surface area contributed by atoms with E-state index in [4.69, 9.17) is 9.47 Å². The average molecular weight is 291 g/mol. The first-order valence-corrected chi connectivity index (χ1v) is 7.24. The van der Waals surface area contributed by atoms with Gasteiger partial charge < -0.3 is 0 Å². The Bertz CT molecular complexity index is 298. The molecule has 1 aliphatic heterocycles. The summed E-state index contributed by atoms with van der Waals surface area (Å²) in [7, 11) is 0. The molecule has 1 heterocycles. The number of hydrogen-bond acceptors (Lipinski definition) is 4. The second kappa shape index (κ2) is 6.71. The van der Waals surface area contributed by atoms with Crippen molar-refractivity contribution in [3.63, 3.8) is 0 Å². The van der Waals surface area contributed by atoms with Crippen LogP contribution in [0.2, 0.25) is 4.82 Å². The van der Waals surface area contributed by atoms with Crippen LogP contribution >= 0.6 is 0 Å². The van der Waals surface area contributed by atoms with Crippen molar-refractivity contribution in [2.75, 3.05) is 13.2 Å². The summed E-state index contributed by atoms with van der Waals surface area (Å²) in [5.41, 5.74) is 0. The minimum atomic E-state index is -0.281. The van der Waals surface area contributed by atoms with Crippen molar-refractivity contribution in [2.24, 2.45) is 0 Å². The summed E-state index contributed by atoms with van der Waals surface area (Å²) in [6.07, 6.45) is 3.41. The Hall–Kier alpha value is -0.801. The molecule has 0 bridgehead atoms. The van der Waals surface area contributed by atoms with Crippen LogP contribution in [0.25, 0.3) is 0 Å². The number of hydrogen-bond donors (Lipinski definition) is 0. The number of carbonyl (C=O) groups is 2. The molecule has 0 radical (unpaired) electrons. The molecule has 1 rings (SSSR count). The van der Waals surface area contributed by atoms with Gasteiger partial charge in [0.05, 0.1) is 0 Å². The van der Waals surface area contributed by atoms with Crippen LogP contribution in [-0.4, -0.2) is 40.1 Å². The van der Waals surface area contributed by atoms with Gasteiger partial charge in [-0.25, -0.2) is 0 Å². The minimum absolute atomic E-state index is 0.128. The molecule has 0 N–H and O–H groups in total. The van der Waals surface area contributed by atoms with Gasteiger partial charge in [0.2, 0.25) is 0 Å². The predicted molar refractivity (Wildman–Crippen MR) is 60.1 cm³/mol. The van der Waals surface area contributed by atoms with E-state index in [0.29, 0.717) is 17.7 Å². The molecule has 0 fully saturated rings. The molecule has 0 aromatic heterocycles. The Morgan fingerprint density at radius 2 is 2.06 bits per heavy atom. The van der Waals surface area contributed by atoms with Crippen molar-refractivity contribution in [3.05, 3.63) is 10.5 Å². The number of carbonyl (C=O) groups excluding carboxylic acids is 2. The second-order valence-corrected chi connectivity index (χ2v) is 5.84. The fraction of sp³-hybridized carbons (Fsp3) is 0.636. The van der Waals surface area contributed by atoms with Crippen LogP contribution in [0.1, 0.15) is 26.7 Å². The van der Waals surface area contributed by atoms with Crippen molar-refractivity contribution in [1.29, 1.82) is 0 Å².